The number of rotatable bonds is 75. The van der Waals surface area contributed by atoms with Crippen molar-refractivity contribution in [2.45, 2.75) is 387 Å². The molecule has 3 N–H and O–H groups in total. The second kappa shape index (κ2) is 71.0. The Labute approximate surface area is 597 Å². The van der Waals surface area contributed by atoms with E-state index in [4.69, 9.17) is 37.0 Å². The Morgan fingerprint density at radius 3 is 0.837 bits per heavy atom. The molecule has 0 aliphatic rings. The minimum atomic E-state index is -4.97. The van der Waals surface area contributed by atoms with Crippen LogP contribution in [0.3, 0.4) is 0 Å². The van der Waals surface area contributed by atoms with Crippen LogP contribution in [-0.4, -0.2) is 96.7 Å². The first-order valence-electron chi connectivity index (χ1n) is 39.8. The summed E-state index contributed by atoms with van der Waals surface area (Å²) in [5.74, 6) is -1.47. The van der Waals surface area contributed by atoms with E-state index in [9.17, 15) is 43.2 Å². The second-order valence-electron chi connectivity index (χ2n) is 27.6. The van der Waals surface area contributed by atoms with Crippen LogP contribution in [0.2, 0.25) is 0 Å². The number of hydrogen-bond acceptors (Lipinski definition) is 15. The largest absolute Gasteiger partial charge is 0.472 e. The van der Waals surface area contributed by atoms with Crippen molar-refractivity contribution in [3.63, 3.8) is 0 Å². The van der Waals surface area contributed by atoms with Gasteiger partial charge in [-0.1, -0.05) is 314 Å². The third kappa shape index (κ3) is 71.4. The summed E-state index contributed by atoms with van der Waals surface area (Å²) in [5.41, 5.74) is 0. The van der Waals surface area contributed by atoms with Gasteiger partial charge in [0.15, 0.2) is 12.2 Å². The lowest BCUT2D eigenvalue weighted by Gasteiger charge is -2.21. The van der Waals surface area contributed by atoms with Gasteiger partial charge in [0.1, 0.15) is 19.3 Å². The molecule has 17 nitrogen and oxygen atoms in total. The molecule has 98 heavy (non-hydrogen) atoms. The fourth-order valence-corrected chi connectivity index (χ4v) is 12.7. The number of hydrogen-bond donors (Lipinski definition) is 3. The molecule has 19 heteroatoms. The number of aliphatic hydroxyl groups is 1. The Kier molecular flexibility index (Phi) is 68.9. The van der Waals surface area contributed by atoms with Crippen LogP contribution in [0.15, 0.2) is 48.6 Å². The number of allylic oxidation sites excluding steroid dienone is 8. The molecule has 0 heterocycles. The maximum absolute atomic E-state index is 13.1. The molecule has 0 rings (SSSR count). The molecular weight excluding hydrogens is 1280 g/mol. The number of carbonyl (C=O) groups excluding carboxylic acids is 4. The molecule has 0 aromatic rings. The van der Waals surface area contributed by atoms with Gasteiger partial charge in [0, 0.05) is 25.7 Å². The molecule has 5 atom stereocenters. The summed E-state index contributed by atoms with van der Waals surface area (Å²) in [4.78, 5) is 72.9. The minimum absolute atomic E-state index is 0.0821. The van der Waals surface area contributed by atoms with Crippen LogP contribution in [0, 0.1) is 5.92 Å². The van der Waals surface area contributed by atoms with E-state index in [1.165, 1.54) is 154 Å². The Bertz CT molecular complexity index is 2060. The van der Waals surface area contributed by atoms with Crippen molar-refractivity contribution >= 4 is 39.5 Å². The summed E-state index contributed by atoms with van der Waals surface area (Å²) in [6.45, 7) is 7.12. The lowest BCUT2D eigenvalue weighted by Crippen LogP contribution is -2.30. The first-order valence-corrected chi connectivity index (χ1v) is 42.8. The third-order valence-corrected chi connectivity index (χ3v) is 19.2. The van der Waals surface area contributed by atoms with E-state index in [0.29, 0.717) is 31.6 Å². The molecular formula is C79H146O17P2. The molecule has 0 aromatic carbocycles. The van der Waals surface area contributed by atoms with Crippen LogP contribution in [-0.2, 0) is 65.4 Å². The fourth-order valence-electron chi connectivity index (χ4n) is 11.2. The van der Waals surface area contributed by atoms with Gasteiger partial charge in [-0.05, 0) is 83.0 Å². The van der Waals surface area contributed by atoms with Crippen molar-refractivity contribution in [3.8, 4) is 0 Å². The van der Waals surface area contributed by atoms with E-state index in [1.807, 2.05) is 0 Å². The maximum atomic E-state index is 13.1. The maximum Gasteiger partial charge on any atom is 0.472 e. The SMILES string of the molecule is CCCCCC/C=C\C=C/CCCCCCCC(=O)OC[C@H](COP(=O)(O)OC[C@@H](O)COP(=O)(O)OC[C@@H](COC(=O)CCCCCCCCCC(C)C)OC(=O)CCCCCCC/C=C\C=C/CCCCCC)OC(=O)CCCCCCCCCCCCCCCCCCCC. The summed E-state index contributed by atoms with van der Waals surface area (Å²) >= 11 is 0. The highest BCUT2D eigenvalue weighted by Gasteiger charge is 2.30. The topological polar surface area (TPSA) is 237 Å². The van der Waals surface area contributed by atoms with E-state index < -0.39 is 97.5 Å². The molecule has 574 valence electrons. The van der Waals surface area contributed by atoms with Crippen LogP contribution in [0.25, 0.3) is 0 Å². The minimum Gasteiger partial charge on any atom is -0.462 e. The summed E-state index contributed by atoms with van der Waals surface area (Å²) in [5, 5.41) is 10.6. The van der Waals surface area contributed by atoms with E-state index in [2.05, 4.69) is 83.2 Å². The van der Waals surface area contributed by atoms with Crippen molar-refractivity contribution in [1.29, 1.82) is 0 Å². The number of phosphoric acid groups is 2. The van der Waals surface area contributed by atoms with E-state index in [1.54, 1.807) is 0 Å². The van der Waals surface area contributed by atoms with Crippen molar-refractivity contribution < 1.29 is 80.2 Å². The molecule has 2 unspecified atom stereocenters. The molecule has 0 aliphatic heterocycles. The van der Waals surface area contributed by atoms with Gasteiger partial charge < -0.3 is 33.8 Å². The van der Waals surface area contributed by atoms with Gasteiger partial charge in [-0.15, -0.1) is 0 Å². The Morgan fingerprint density at radius 1 is 0.316 bits per heavy atom. The average molecular weight is 1430 g/mol. The molecule has 0 fully saturated rings. The second-order valence-corrected chi connectivity index (χ2v) is 30.5. The zero-order valence-electron chi connectivity index (χ0n) is 62.9. The zero-order chi connectivity index (χ0) is 71.9. The summed E-state index contributed by atoms with van der Waals surface area (Å²) < 4.78 is 68.5. The van der Waals surface area contributed by atoms with Gasteiger partial charge in [0.05, 0.1) is 26.4 Å². The van der Waals surface area contributed by atoms with Crippen LogP contribution in [0.4, 0.5) is 0 Å². The first-order chi connectivity index (χ1) is 47.5. The van der Waals surface area contributed by atoms with Crippen molar-refractivity contribution in [3.05, 3.63) is 48.6 Å². The van der Waals surface area contributed by atoms with Crippen molar-refractivity contribution in [1.82, 2.24) is 0 Å². The lowest BCUT2D eigenvalue weighted by molar-refractivity contribution is -0.161. The molecule has 0 radical (unpaired) electrons. The third-order valence-electron chi connectivity index (χ3n) is 17.3. The van der Waals surface area contributed by atoms with Gasteiger partial charge in [-0.3, -0.25) is 37.3 Å². The number of carbonyl (C=O) groups is 4. The van der Waals surface area contributed by atoms with Crippen LogP contribution < -0.4 is 0 Å². The molecule has 0 aromatic heterocycles. The predicted molar refractivity (Wildman–Crippen MR) is 400 cm³/mol. The van der Waals surface area contributed by atoms with Gasteiger partial charge in [-0.25, -0.2) is 9.13 Å². The normalized spacial score (nSPS) is 14.2. The zero-order valence-corrected chi connectivity index (χ0v) is 64.7. The van der Waals surface area contributed by atoms with Gasteiger partial charge >= 0.3 is 39.5 Å². The van der Waals surface area contributed by atoms with Crippen LogP contribution in [0.1, 0.15) is 369 Å². The number of aliphatic hydroxyl groups excluding tert-OH is 1. The molecule has 0 saturated heterocycles. The number of esters is 4. The molecule has 0 spiro atoms. The Hall–Kier alpha value is -2.98. The summed E-state index contributed by atoms with van der Waals surface area (Å²) in [6.07, 6.45) is 66.9. The fraction of sp³-hybridized carbons (Fsp3) is 0.848. The van der Waals surface area contributed by atoms with Crippen molar-refractivity contribution in [2.75, 3.05) is 39.6 Å². The smallest absolute Gasteiger partial charge is 0.462 e. The van der Waals surface area contributed by atoms with Crippen LogP contribution >= 0.6 is 15.6 Å². The monoisotopic (exact) mass is 1430 g/mol. The summed E-state index contributed by atoms with van der Waals surface area (Å²) in [6, 6.07) is 0. The van der Waals surface area contributed by atoms with E-state index in [-0.39, 0.29) is 25.7 Å². The number of phosphoric ester groups is 2. The van der Waals surface area contributed by atoms with Crippen LogP contribution in [0.5, 0.6) is 0 Å². The molecule has 0 amide bonds. The van der Waals surface area contributed by atoms with E-state index >= 15 is 0 Å². The molecule has 0 saturated carbocycles. The highest BCUT2D eigenvalue weighted by Crippen LogP contribution is 2.45. The summed E-state index contributed by atoms with van der Waals surface area (Å²) in [7, 11) is -9.94. The molecule has 0 bridgehead atoms. The van der Waals surface area contributed by atoms with Gasteiger partial charge in [0.25, 0.3) is 0 Å². The highest BCUT2D eigenvalue weighted by atomic mass is 31.2. The highest BCUT2D eigenvalue weighted by molar-refractivity contribution is 7.47. The molecule has 0 aliphatic carbocycles. The van der Waals surface area contributed by atoms with Crippen molar-refractivity contribution in [2.24, 2.45) is 5.92 Å². The standard InChI is InChI=1S/C79H146O17P2/c1-6-9-12-15-18-21-24-27-30-31-32-35-38-41-44-49-55-60-65-78(83)95-74(68-89-76(81)62-57-52-47-42-39-36-33-28-25-22-19-16-13-10-7-2)70-93-97(85,86)91-66-73(80)67-92-98(87,88)94-71-75(69-90-77(82)63-58-53-50-45-46-51-56-61-72(4)5)96-79(84)64-59-54-48-43-40-37-34-29-26-23-20-17-14-11-8-3/h22-23,25-26,28-29,33-34,72-75,80H,6-21,24,27,30-32,35-71H2,1-5H3,(H,85,86)(H,87,88)/b25-22-,26-23-,33-28-,34-29-/t73-,74-,75-/m1/s1. The Balaban J connectivity index is 5.31. The predicted octanol–water partition coefficient (Wildman–Crippen LogP) is 22.8. The lowest BCUT2D eigenvalue weighted by atomic mass is 10.0. The van der Waals surface area contributed by atoms with E-state index in [0.717, 1.165) is 128 Å². The number of unbranched alkanes of at least 4 members (excludes halogenated alkanes) is 41. The average Bonchev–Trinajstić information content (AvgIpc) is 1.28. The number of ether oxygens (including phenoxy) is 4. The van der Waals surface area contributed by atoms with Gasteiger partial charge in [0.2, 0.25) is 0 Å². The van der Waals surface area contributed by atoms with Gasteiger partial charge in [-0.2, -0.15) is 0 Å². The Morgan fingerprint density at radius 2 is 0.551 bits per heavy atom. The first kappa shape index (κ1) is 95.0. The quantitative estimate of drug-likeness (QED) is 0.0169.